The SMILES string of the molecule is COc1ccc(CCNC(=O)Cn2nc(-c3ccco3)ccc2=O)cc1. The number of benzene rings is 1. The van der Waals surface area contributed by atoms with Crippen molar-refractivity contribution in [3.63, 3.8) is 0 Å². The van der Waals surface area contributed by atoms with Gasteiger partial charge in [-0.05, 0) is 42.3 Å². The predicted molar refractivity (Wildman–Crippen MR) is 95.9 cm³/mol. The first-order valence-corrected chi connectivity index (χ1v) is 8.17. The van der Waals surface area contributed by atoms with Crippen LogP contribution in [0.25, 0.3) is 11.5 Å². The number of furan rings is 1. The fraction of sp³-hybridized carbons (Fsp3) is 0.211. The fourth-order valence-electron chi connectivity index (χ4n) is 2.45. The predicted octanol–water partition coefficient (Wildman–Crippen LogP) is 1.87. The molecule has 1 amide bonds. The third kappa shape index (κ3) is 4.38. The van der Waals surface area contributed by atoms with Gasteiger partial charge in [0.2, 0.25) is 5.91 Å². The van der Waals surface area contributed by atoms with Crippen LogP contribution >= 0.6 is 0 Å². The lowest BCUT2D eigenvalue weighted by Crippen LogP contribution is -2.34. The number of rotatable bonds is 7. The van der Waals surface area contributed by atoms with Gasteiger partial charge < -0.3 is 14.5 Å². The molecule has 2 aromatic heterocycles. The third-order valence-electron chi connectivity index (χ3n) is 3.83. The van der Waals surface area contributed by atoms with Crippen LogP contribution in [0.2, 0.25) is 0 Å². The second-order valence-electron chi connectivity index (χ2n) is 5.64. The number of amides is 1. The highest BCUT2D eigenvalue weighted by Crippen LogP contribution is 2.15. The van der Waals surface area contributed by atoms with Crippen LogP contribution in [0.5, 0.6) is 5.75 Å². The maximum atomic E-state index is 12.1. The van der Waals surface area contributed by atoms with E-state index in [2.05, 4.69) is 10.4 Å². The van der Waals surface area contributed by atoms with E-state index in [1.165, 1.54) is 12.3 Å². The van der Waals surface area contributed by atoms with Crippen LogP contribution < -0.4 is 15.6 Å². The maximum absolute atomic E-state index is 12.1. The molecule has 2 heterocycles. The van der Waals surface area contributed by atoms with Crippen LogP contribution in [0.3, 0.4) is 0 Å². The molecule has 0 bridgehead atoms. The normalized spacial score (nSPS) is 10.5. The van der Waals surface area contributed by atoms with Crippen molar-refractivity contribution in [2.45, 2.75) is 13.0 Å². The molecule has 134 valence electrons. The molecule has 3 aromatic rings. The molecule has 0 fully saturated rings. The number of nitrogens with one attached hydrogen (secondary N) is 1. The Morgan fingerprint density at radius 2 is 2.00 bits per heavy atom. The summed E-state index contributed by atoms with van der Waals surface area (Å²) >= 11 is 0. The molecule has 0 radical (unpaired) electrons. The van der Waals surface area contributed by atoms with E-state index < -0.39 is 0 Å². The Labute approximate surface area is 150 Å². The van der Waals surface area contributed by atoms with Crippen molar-refractivity contribution in [1.82, 2.24) is 15.1 Å². The number of ether oxygens (including phenoxy) is 1. The van der Waals surface area contributed by atoms with Crippen LogP contribution in [0.15, 0.2) is 64.0 Å². The van der Waals surface area contributed by atoms with Crippen molar-refractivity contribution >= 4 is 5.91 Å². The van der Waals surface area contributed by atoms with Gasteiger partial charge in [-0.25, -0.2) is 4.68 Å². The first kappa shape index (κ1) is 17.5. The van der Waals surface area contributed by atoms with E-state index in [4.69, 9.17) is 9.15 Å². The summed E-state index contributed by atoms with van der Waals surface area (Å²) in [4.78, 5) is 24.0. The standard InChI is InChI=1S/C19H19N3O4/c1-25-15-6-4-14(5-7-15)10-11-20-18(23)13-22-19(24)9-8-16(21-22)17-3-2-12-26-17/h2-9,12H,10-11,13H2,1H3,(H,20,23). The minimum Gasteiger partial charge on any atom is -0.497 e. The van der Waals surface area contributed by atoms with Crippen molar-refractivity contribution in [3.05, 3.63) is 70.7 Å². The number of hydrogen-bond donors (Lipinski definition) is 1. The van der Waals surface area contributed by atoms with Gasteiger partial charge in [0.05, 0.1) is 13.4 Å². The van der Waals surface area contributed by atoms with Crippen molar-refractivity contribution in [2.24, 2.45) is 0 Å². The summed E-state index contributed by atoms with van der Waals surface area (Å²) in [6, 6.07) is 14.1. The highest BCUT2D eigenvalue weighted by atomic mass is 16.5. The van der Waals surface area contributed by atoms with E-state index in [9.17, 15) is 9.59 Å². The molecule has 1 aromatic carbocycles. The molecular weight excluding hydrogens is 334 g/mol. The zero-order valence-corrected chi connectivity index (χ0v) is 14.3. The number of hydrogen-bond acceptors (Lipinski definition) is 5. The summed E-state index contributed by atoms with van der Waals surface area (Å²) in [5.41, 5.74) is 1.24. The lowest BCUT2D eigenvalue weighted by atomic mass is 10.1. The maximum Gasteiger partial charge on any atom is 0.267 e. The van der Waals surface area contributed by atoms with Gasteiger partial charge in [-0.3, -0.25) is 9.59 Å². The Bertz CT molecular complexity index is 915. The largest absolute Gasteiger partial charge is 0.497 e. The van der Waals surface area contributed by atoms with Crippen LogP contribution in [0, 0.1) is 0 Å². The zero-order valence-electron chi connectivity index (χ0n) is 14.3. The zero-order chi connectivity index (χ0) is 18.4. The van der Waals surface area contributed by atoms with Crippen molar-refractivity contribution in [2.75, 3.05) is 13.7 Å². The van der Waals surface area contributed by atoms with Gasteiger partial charge in [-0.1, -0.05) is 12.1 Å². The topological polar surface area (TPSA) is 86.4 Å². The minimum absolute atomic E-state index is 0.143. The summed E-state index contributed by atoms with van der Waals surface area (Å²) < 4.78 is 11.5. The summed E-state index contributed by atoms with van der Waals surface area (Å²) in [6.45, 7) is 0.327. The molecule has 3 rings (SSSR count). The summed E-state index contributed by atoms with van der Waals surface area (Å²) in [5.74, 6) is 1.06. The molecule has 0 atom stereocenters. The quantitative estimate of drug-likeness (QED) is 0.701. The van der Waals surface area contributed by atoms with Gasteiger partial charge in [0.15, 0.2) is 5.76 Å². The van der Waals surface area contributed by atoms with Crippen molar-refractivity contribution < 1.29 is 13.9 Å². The molecule has 0 saturated carbocycles. The van der Waals surface area contributed by atoms with Crippen LogP contribution in [-0.2, 0) is 17.8 Å². The minimum atomic E-state index is -0.342. The van der Waals surface area contributed by atoms with E-state index in [1.807, 2.05) is 24.3 Å². The first-order valence-electron chi connectivity index (χ1n) is 8.17. The fourth-order valence-corrected chi connectivity index (χ4v) is 2.45. The molecule has 7 heteroatoms. The highest BCUT2D eigenvalue weighted by Gasteiger charge is 2.09. The average Bonchev–Trinajstić information content (AvgIpc) is 3.19. The molecule has 0 aliphatic heterocycles. The van der Waals surface area contributed by atoms with E-state index in [-0.39, 0.29) is 18.0 Å². The van der Waals surface area contributed by atoms with E-state index in [0.29, 0.717) is 24.4 Å². The molecule has 7 nitrogen and oxygen atoms in total. The Hall–Kier alpha value is -3.35. The number of methoxy groups -OCH3 is 1. The first-order chi connectivity index (χ1) is 12.7. The Morgan fingerprint density at radius 3 is 2.69 bits per heavy atom. The number of carbonyl (C=O) groups excluding carboxylic acids is 1. The average molecular weight is 353 g/mol. The van der Waals surface area contributed by atoms with Gasteiger partial charge in [-0.15, -0.1) is 0 Å². The summed E-state index contributed by atoms with van der Waals surface area (Å²) in [6.07, 6.45) is 2.21. The lowest BCUT2D eigenvalue weighted by Gasteiger charge is -2.08. The summed E-state index contributed by atoms with van der Waals surface area (Å²) in [7, 11) is 1.62. The van der Waals surface area contributed by atoms with Crippen LogP contribution in [0.1, 0.15) is 5.56 Å². The van der Waals surface area contributed by atoms with E-state index in [0.717, 1.165) is 16.0 Å². The Kier molecular flexibility index (Phi) is 5.48. The molecule has 0 aliphatic rings. The number of aromatic nitrogens is 2. The smallest absolute Gasteiger partial charge is 0.267 e. The number of carbonyl (C=O) groups is 1. The van der Waals surface area contributed by atoms with Gasteiger partial charge >= 0.3 is 0 Å². The molecule has 1 N–H and O–H groups in total. The van der Waals surface area contributed by atoms with Gasteiger partial charge in [-0.2, -0.15) is 5.10 Å². The molecule has 0 spiro atoms. The van der Waals surface area contributed by atoms with Crippen LogP contribution in [-0.4, -0.2) is 29.3 Å². The van der Waals surface area contributed by atoms with Crippen molar-refractivity contribution in [1.29, 1.82) is 0 Å². The third-order valence-corrected chi connectivity index (χ3v) is 3.83. The second kappa shape index (κ2) is 8.15. The summed E-state index contributed by atoms with van der Waals surface area (Å²) in [5, 5.41) is 6.97. The van der Waals surface area contributed by atoms with Crippen LogP contribution in [0.4, 0.5) is 0 Å². The van der Waals surface area contributed by atoms with Gasteiger partial charge in [0.25, 0.3) is 5.56 Å². The Balaban J connectivity index is 1.56. The van der Waals surface area contributed by atoms with Crippen molar-refractivity contribution in [3.8, 4) is 17.2 Å². The molecular formula is C19H19N3O4. The van der Waals surface area contributed by atoms with E-state index >= 15 is 0 Å². The lowest BCUT2D eigenvalue weighted by molar-refractivity contribution is -0.121. The monoisotopic (exact) mass is 353 g/mol. The molecule has 0 aliphatic carbocycles. The van der Waals surface area contributed by atoms with Gasteiger partial charge in [0.1, 0.15) is 18.0 Å². The van der Waals surface area contributed by atoms with Gasteiger partial charge in [0, 0.05) is 12.6 Å². The molecule has 0 saturated heterocycles. The highest BCUT2D eigenvalue weighted by molar-refractivity contribution is 5.75. The molecule has 26 heavy (non-hydrogen) atoms. The van der Waals surface area contributed by atoms with E-state index in [1.54, 1.807) is 25.3 Å². The molecule has 0 unspecified atom stereocenters. The Morgan fingerprint density at radius 1 is 1.19 bits per heavy atom. The number of nitrogens with zero attached hydrogens (tertiary/aromatic N) is 2. The second-order valence-corrected chi connectivity index (χ2v) is 5.64.